The first kappa shape index (κ1) is 23.8. The Labute approximate surface area is 156 Å². The molecule has 0 spiro atoms. The van der Waals surface area contributed by atoms with Crippen LogP contribution in [0.4, 0.5) is 0 Å². The van der Waals surface area contributed by atoms with E-state index >= 15 is 0 Å². The number of likely N-dealkylation sites (N-methyl/N-ethyl adjacent to an activating group) is 1. The number of nitrogens with one attached hydrogen (secondary N) is 1. The highest BCUT2D eigenvalue weighted by Gasteiger charge is 2.22. The zero-order valence-electron chi connectivity index (χ0n) is 17.8. The second kappa shape index (κ2) is 13.1. The number of rotatable bonds is 12. The minimum Gasteiger partial charge on any atom is -0.309 e. The number of carbonyl (C=O) groups is 1. The molecule has 0 saturated carbocycles. The lowest BCUT2D eigenvalue weighted by molar-refractivity contribution is -0.122. The van der Waals surface area contributed by atoms with Gasteiger partial charge in [0.2, 0.25) is 0 Å². The summed E-state index contributed by atoms with van der Waals surface area (Å²) in [4.78, 5) is 13.7. The zero-order valence-corrected chi connectivity index (χ0v) is 17.8. The van der Waals surface area contributed by atoms with Gasteiger partial charge in [-0.05, 0) is 81.3 Å². The second-order valence-corrected chi connectivity index (χ2v) is 7.68. The lowest BCUT2D eigenvalue weighted by atomic mass is 10.0. The van der Waals surface area contributed by atoms with Crippen molar-refractivity contribution in [3.63, 3.8) is 0 Å². The topological polar surface area (TPSA) is 32.3 Å². The van der Waals surface area contributed by atoms with Crippen LogP contribution in [0.15, 0.2) is 34.9 Å². The van der Waals surface area contributed by atoms with E-state index in [-0.39, 0.29) is 17.9 Å². The van der Waals surface area contributed by atoms with E-state index in [1.165, 1.54) is 16.7 Å². The van der Waals surface area contributed by atoms with E-state index in [2.05, 4.69) is 58.2 Å². The van der Waals surface area contributed by atoms with Crippen LogP contribution in [-0.2, 0) is 4.79 Å². The summed E-state index contributed by atoms with van der Waals surface area (Å²) in [6, 6.07) is 0.0777. The zero-order chi connectivity index (χ0) is 19.4. The first-order valence-corrected chi connectivity index (χ1v) is 9.50. The van der Waals surface area contributed by atoms with E-state index in [9.17, 15) is 4.79 Å². The number of allylic oxidation sites excluding steroid dienone is 5. The highest BCUT2D eigenvalue weighted by molar-refractivity contribution is 5.82. The summed E-state index contributed by atoms with van der Waals surface area (Å²) >= 11 is 0. The maximum absolute atomic E-state index is 11.7. The normalized spacial score (nSPS) is 15.2. The molecule has 0 fully saturated rings. The smallest absolute Gasteiger partial charge is 0.148 e. The summed E-state index contributed by atoms with van der Waals surface area (Å²) in [6.45, 7) is 13.3. The molecular weight excluding hydrogens is 308 g/mol. The maximum Gasteiger partial charge on any atom is 0.148 e. The van der Waals surface area contributed by atoms with Gasteiger partial charge in [0.05, 0.1) is 6.04 Å². The molecule has 2 atom stereocenters. The first-order chi connectivity index (χ1) is 11.6. The quantitative estimate of drug-likeness (QED) is 0.509. The van der Waals surface area contributed by atoms with Crippen molar-refractivity contribution < 1.29 is 4.79 Å². The maximum atomic E-state index is 11.7. The Morgan fingerprint density at radius 3 is 1.92 bits per heavy atom. The van der Waals surface area contributed by atoms with Gasteiger partial charge in [0, 0.05) is 12.6 Å². The van der Waals surface area contributed by atoms with Crippen molar-refractivity contribution in [2.75, 3.05) is 20.6 Å². The molecule has 0 aromatic rings. The first-order valence-electron chi connectivity index (χ1n) is 9.50. The monoisotopic (exact) mass is 348 g/mol. The van der Waals surface area contributed by atoms with Gasteiger partial charge in [-0.25, -0.2) is 0 Å². The third-order valence-electron chi connectivity index (χ3n) is 4.46. The third-order valence-corrected chi connectivity index (χ3v) is 4.46. The second-order valence-electron chi connectivity index (χ2n) is 7.68. The van der Waals surface area contributed by atoms with Crippen molar-refractivity contribution in [3.05, 3.63) is 34.9 Å². The highest BCUT2D eigenvalue weighted by atomic mass is 16.1. The fourth-order valence-electron chi connectivity index (χ4n) is 3.03. The summed E-state index contributed by atoms with van der Waals surface area (Å²) in [6.07, 6.45) is 11.4. The standard InChI is InChI=1S/C22H40N2O/c1-17(2)11-9-12-18(3)13-10-14-19(4)15-16-23-20(5)22(21(6)25)24(7)8/h11,13,15,20,22-23H,9-10,12,14,16H2,1-8H3. The average Bonchev–Trinajstić information content (AvgIpc) is 2.45. The summed E-state index contributed by atoms with van der Waals surface area (Å²) in [5.74, 6) is 0.208. The van der Waals surface area contributed by atoms with E-state index in [4.69, 9.17) is 0 Å². The lowest BCUT2D eigenvalue weighted by Gasteiger charge is -2.28. The number of ketones is 1. The van der Waals surface area contributed by atoms with Crippen LogP contribution in [0.25, 0.3) is 0 Å². The van der Waals surface area contributed by atoms with Crippen molar-refractivity contribution in [3.8, 4) is 0 Å². The van der Waals surface area contributed by atoms with Gasteiger partial charge < -0.3 is 5.32 Å². The Morgan fingerprint density at radius 1 is 0.920 bits per heavy atom. The molecule has 3 nitrogen and oxygen atoms in total. The van der Waals surface area contributed by atoms with Gasteiger partial charge in [0.25, 0.3) is 0 Å². The molecule has 144 valence electrons. The van der Waals surface area contributed by atoms with Gasteiger partial charge in [0.15, 0.2) is 0 Å². The van der Waals surface area contributed by atoms with Crippen LogP contribution in [0, 0.1) is 0 Å². The van der Waals surface area contributed by atoms with E-state index in [0.29, 0.717) is 0 Å². The van der Waals surface area contributed by atoms with Crippen LogP contribution in [-0.4, -0.2) is 43.4 Å². The van der Waals surface area contributed by atoms with Gasteiger partial charge in [-0.3, -0.25) is 9.69 Å². The highest BCUT2D eigenvalue weighted by Crippen LogP contribution is 2.11. The molecule has 0 rings (SSSR count). The summed E-state index contributed by atoms with van der Waals surface area (Å²) in [5.41, 5.74) is 4.28. The lowest BCUT2D eigenvalue weighted by Crippen LogP contribution is -2.49. The van der Waals surface area contributed by atoms with Crippen LogP contribution in [0.2, 0.25) is 0 Å². The predicted molar refractivity (Wildman–Crippen MR) is 111 cm³/mol. The van der Waals surface area contributed by atoms with E-state index < -0.39 is 0 Å². The van der Waals surface area contributed by atoms with Gasteiger partial charge >= 0.3 is 0 Å². The number of hydrogen-bond acceptors (Lipinski definition) is 3. The minimum atomic E-state index is -0.0694. The van der Waals surface area contributed by atoms with Crippen molar-refractivity contribution >= 4 is 5.78 Å². The van der Waals surface area contributed by atoms with Crippen LogP contribution in [0.3, 0.4) is 0 Å². The molecule has 2 unspecified atom stereocenters. The molecule has 0 bridgehead atoms. The van der Waals surface area contributed by atoms with Crippen LogP contribution in [0.1, 0.15) is 67.2 Å². The molecular formula is C22H40N2O. The van der Waals surface area contributed by atoms with Crippen molar-refractivity contribution in [2.24, 2.45) is 0 Å². The summed E-state index contributed by atoms with van der Waals surface area (Å²) < 4.78 is 0. The fourth-order valence-corrected chi connectivity index (χ4v) is 3.03. The molecule has 0 aliphatic heterocycles. The molecule has 0 saturated heterocycles. The van der Waals surface area contributed by atoms with Crippen molar-refractivity contribution in [2.45, 2.75) is 79.3 Å². The molecule has 25 heavy (non-hydrogen) atoms. The van der Waals surface area contributed by atoms with Crippen LogP contribution < -0.4 is 5.32 Å². The van der Waals surface area contributed by atoms with Crippen LogP contribution in [0.5, 0.6) is 0 Å². The van der Waals surface area contributed by atoms with E-state index in [1.54, 1.807) is 6.92 Å². The molecule has 3 heteroatoms. The minimum absolute atomic E-state index is 0.0694. The Bertz CT molecular complexity index is 482. The fraction of sp³-hybridized carbons (Fsp3) is 0.682. The number of carbonyl (C=O) groups excluding carboxylic acids is 1. The Morgan fingerprint density at radius 2 is 1.44 bits per heavy atom. The van der Waals surface area contributed by atoms with Gasteiger partial charge in [-0.1, -0.05) is 34.9 Å². The molecule has 0 heterocycles. The third kappa shape index (κ3) is 11.9. The van der Waals surface area contributed by atoms with Crippen LogP contribution >= 0.6 is 0 Å². The molecule has 0 amide bonds. The van der Waals surface area contributed by atoms with Crippen molar-refractivity contribution in [1.82, 2.24) is 10.2 Å². The van der Waals surface area contributed by atoms with E-state index in [0.717, 1.165) is 32.2 Å². The molecule has 1 N–H and O–H groups in total. The molecule has 0 radical (unpaired) electrons. The Balaban J connectivity index is 4.21. The molecule has 0 aromatic carbocycles. The number of Topliss-reactive ketones (excluding diaryl/α,β-unsaturated/α-hetero) is 1. The van der Waals surface area contributed by atoms with Gasteiger partial charge in [0.1, 0.15) is 5.78 Å². The Kier molecular flexibility index (Phi) is 12.5. The largest absolute Gasteiger partial charge is 0.309 e. The Hall–Kier alpha value is -1.19. The summed E-state index contributed by atoms with van der Waals surface area (Å²) in [7, 11) is 3.91. The molecule has 0 aliphatic rings. The SMILES string of the molecule is CC(=O)C(C(C)NCC=C(C)CCC=C(C)CCC=C(C)C)N(C)C. The van der Waals surface area contributed by atoms with E-state index in [1.807, 2.05) is 19.0 Å². The average molecular weight is 349 g/mol. The number of nitrogens with zero attached hydrogens (tertiary/aromatic N) is 1. The van der Waals surface area contributed by atoms with Crippen molar-refractivity contribution in [1.29, 1.82) is 0 Å². The number of hydrogen-bond donors (Lipinski definition) is 1. The predicted octanol–water partition coefficient (Wildman–Crippen LogP) is 4.90. The summed E-state index contributed by atoms with van der Waals surface area (Å²) in [5, 5.41) is 3.45. The van der Waals surface area contributed by atoms with Gasteiger partial charge in [-0.2, -0.15) is 0 Å². The molecule has 0 aliphatic carbocycles. The molecule has 0 aromatic heterocycles. The van der Waals surface area contributed by atoms with Gasteiger partial charge in [-0.15, -0.1) is 0 Å².